The van der Waals surface area contributed by atoms with E-state index in [0.717, 1.165) is 28.6 Å². The van der Waals surface area contributed by atoms with Crippen molar-refractivity contribution in [3.05, 3.63) is 93.8 Å². The van der Waals surface area contributed by atoms with Crippen molar-refractivity contribution in [3.8, 4) is 5.75 Å². The van der Waals surface area contributed by atoms with Crippen molar-refractivity contribution in [2.75, 3.05) is 19.4 Å². The van der Waals surface area contributed by atoms with E-state index in [1.807, 2.05) is 37.3 Å². The van der Waals surface area contributed by atoms with Gasteiger partial charge >= 0.3 is 0 Å². The normalized spacial score (nSPS) is 22.9. The van der Waals surface area contributed by atoms with Crippen LogP contribution in [-0.2, 0) is 11.2 Å². The number of halogens is 2. The summed E-state index contributed by atoms with van der Waals surface area (Å²) >= 11 is 7.52. The zero-order valence-corrected chi connectivity index (χ0v) is 23.1. The van der Waals surface area contributed by atoms with E-state index in [0.29, 0.717) is 29.2 Å². The smallest absolute Gasteiger partial charge is 0.251 e. The van der Waals surface area contributed by atoms with Crippen LogP contribution in [0.15, 0.2) is 65.6 Å². The minimum atomic E-state index is -1.48. The summed E-state index contributed by atoms with van der Waals surface area (Å²) in [6, 6.07) is 16.9. The quantitative estimate of drug-likeness (QED) is 0.284. The molecule has 7 nitrogen and oxygen atoms in total. The average molecular weight is 576 g/mol. The van der Waals surface area contributed by atoms with Gasteiger partial charge in [0.05, 0.1) is 12.7 Å². The monoisotopic (exact) mass is 575 g/mol. The van der Waals surface area contributed by atoms with Gasteiger partial charge in [-0.05, 0) is 66.4 Å². The lowest BCUT2D eigenvalue weighted by Crippen LogP contribution is -2.54. The number of thioether (sulfide) groups is 1. The first kappa shape index (κ1) is 29.3. The van der Waals surface area contributed by atoms with E-state index in [9.17, 15) is 24.5 Å². The topological polar surface area (TPSA) is 108 Å². The van der Waals surface area contributed by atoms with Crippen molar-refractivity contribution in [2.45, 2.75) is 48.8 Å². The summed E-state index contributed by atoms with van der Waals surface area (Å²) in [5, 5.41) is 35.0. The predicted octanol–water partition coefficient (Wildman–Crippen LogP) is 4.14. The van der Waals surface area contributed by atoms with Crippen LogP contribution >= 0.6 is 23.4 Å². The molecule has 3 aromatic rings. The molecule has 4 N–H and O–H groups in total. The Labute approximate surface area is 235 Å². The molecule has 0 aromatic heterocycles. The Morgan fingerprint density at radius 1 is 1.05 bits per heavy atom. The van der Waals surface area contributed by atoms with Gasteiger partial charge < -0.3 is 30.1 Å². The molecule has 1 heterocycles. The maximum atomic E-state index is 14.4. The number of hydrogen-bond donors (Lipinski definition) is 4. The van der Waals surface area contributed by atoms with Crippen LogP contribution in [0.25, 0.3) is 0 Å². The first-order valence-corrected chi connectivity index (χ1v) is 13.9. The molecule has 0 saturated carbocycles. The van der Waals surface area contributed by atoms with E-state index in [2.05, 4.69) is 5.32 Å². The number of ether oxygens (including phenoxy) is 2. The van der Waals surface area contributed by atoms with Crippen LogP contribution in [0, 0.1) is 5.82 Å². The summed E-state index contributed by atoms with van der Waals surface area (Å²) < 4.78 is 26.0. The van der Waals surface area contributed by atoms with Gasteiger partial charge in [0, 0.05) is 28.3 Å². The maximum absolute atomic E-state index is 14.4. The Bertz CT molecular complexity index is 1290. The Morgan fingerprint density at radius 2 is 1.79 bits per heavy atom. The van der Waals surface area contributed by atoms with E-state index >= 15 is 0 Å². The minimum absolute atomic E-state index is 0.0716. The summed E-state index contributed by atoms with van der Waals surface area (Å²) in [6.07, 6.45) is -5.63. The van der Waals surface area contributed by atoms with Crippen LogP contribution in [0.2, 0.25) is 5.02 Å². The number of carbonyl (C=O) groups excluding carboxylic acids is 1. The van der Waals surface area contributed by atoms with Gasteiger partial charge in [-0.2, -0.15) is 0 Å². The molecule has 4 rings (SSSR count). The third-order valence-electron chi connectivity index (χ3n) is 6.56. The molecular formula is C29H31ClFNO6S. The number of rotatable bonds is 9. The number of amides is 1. The van der Waals surface area contributed by atoms with Crippen LogP contribution in [-0.4, -0.2) is 65.1 Å². The molecule has 1 aliphatic rings. The summed E-state index contributed by atoms with van der Waals surface area (Å²) in [4.78, 5) is 12.1. The molecule has 0 bridgehead atoms. The SMILES string of the molecule is CCOc1ccc(Cc2cc([C@@H]3O[C@H](CSc4cc(C(=O)NC)ccc4F)[C@H](O)[C@@H](O)[C@H]3O)ccc2Cl)cc1. The molecule has 0 unspecified atom stereocenters. The second-order valence-corrected chi connectivity index (χ2v) is 10.7. The number of carbonyl (C=O) groups is 1. The predicted molar refractivity (Wildman–Crippen MR) is 148 cm³/mol. The number of nitrogens with one attached hydrogen (secondary N) is 1. The van der Waals surface area contributed by atoms with E-state index in [-0.39, 0.29) is 16.6 Å². The Balaban J connectivity index is 1.51. The van der Waals surface area contributed by atoms with Crippen molar-refractivity contribution in [1.29, 1.82) is 0 Å². The number of hydrogen-bond acceptors (Lipinski definition) is 7. The highest BCUT2D eigenvalue weighted by molar-refractivity contribution is 7.99. The number of aliphatic hydroxyl groups excluding tert-OH is 3. The van der Waals surface area contributed by atoms with Crippen LogP contribution < -0.4 is 10.1 Å². The van der Waals surface area contributed by atoms with Crippen LogP contribution in [0.1, 0.15) is 40.1 Å². The molecule has 0 radical (unpaired) electrons. The molecule has 0 spiro atoms. The highest BCUT2D eigenvalue weighted by atomic mass is 35.5. The molecule has 1 aliphatic heterocycles. The lowest BCUT2D eigenvalue weighted by molar-refractivity contribution is -0.218. The van der Waals surface area contributed by atoms with Crippen LogP contribution in [0.5, 0.6) is 5.75 Å². The fourth-order valence-corrected chi connectivity index (χ4v) is 5.65. The lowest BCUT2D eigenvalue weighted by Gasteiger charge is -2.41. The van der Waals surface area contributed by atoms with E-state index in [4.69, 9.17) is 21.1 Å². The molecular weight excluding hydrogens is 545 g/mol. The van der Waals surface area contributed by atoms with Gasteiger partial charge in [-0.25, -0.2) is 4.39 Å². The first-order chi connectivity index (χ1) is 18.7. The summed E-state index contributed by atoms with van der Waals surface area (Å²) in [7, 11) is 1.48. The maximum Gasteiger partial charge on any atom is 0.251 e. The van der Waals surface area contributed by atoms with E-state index in [1.165, 1.54) is 25.2 Å². The standard InChI is InChI=1S/C29H31ClFNO6S/c1-3-37-20-8-4-16(5-9-20)12-19-13-17(6-10-21(19)30)28-27(35)26(34)25(33)23(38-28)15-39-24-14-18(29(36)32-2)7-11-22(24)31/h4-11,13-14,23,25-28,33-35H,3,12,15H2,1-2H3,(H,32,36)/t23-,25+,26-,27-,28+/m1/s1. The van der Waals surface area contributed by atoms with E-state index < -0.39 is 36.3 Å². The minimum Gasteiger partial charge on any atom is -0.494 e. The molecule has 0 aliphatic carbocycles. The van der Waals surface area contributed by atoms with Crippen LogP contribution in [0.3, 0.4) is 0 Å². The van der Waals surface area contributed by atoms with Gasteiger partial charge in [-0.3, -0.25) is 4.79 Å². The van der Waals surface area contributed by atoms with Crippen molar-refractivity contribution in [2.24, 2.45) is 0 Å². The van der Waals surface area contributed by atoms with Gasteiger partial charge in [-0.15, -0.1) is 11.8 Å². The first-order valence-electron chi connectivity index (χ1n) is 12.6. The molecule has 1 fully saturated rings. The molecule has 1 saturated heterocycles. The fraction of sp³-hybridized carbons (Fsp3) is 0.345. The molecule has 10 heteroatoms. The Morgan fingerprint density at radius 3 is 2.49 bits per heavy atom. The van der Waals surface area contributed by atoms with Gasteiger partial charge in [0.2, 0.25) is 0 Å². The Kier molecular flexibility index (Phi) is 9.87. The fourth-order valence-electron chi connectivity index (χ4n) is 4.43. The van der Waals surface area contributed by atoms with Gasteiger partial charge in [0.25, 0.3) is 5.91 Å². The zero-order chi connectivity index (χ0) is 28.1. The number of benzene rings is 3. The summed E-state index contributed by atoms with van der Waals surface area (Å²) in [6.45, 7) is 2.50. The average Bonchev–Trinajstić information content (AvgIpc) is 2.94. The van der Waals surface area contributed by atoms with Crippen molar-refractivity contribution >= 4 is 29.3 Å². The lowest BCUT2D eigenvalue weighted by atomic mass is 9.90. The number of aliphatic hydroxyl groups is 3. The van der Waals surface area contributed by atoms with Gasteiger partial charge in [0.15, 0.2) is 0 Å². The third-order valence-corrected chi connectivity index (χ3v) is 8.05. The van der Waals surface area contributed by atoms with E-state index in [1.54, 1.807) is 12.1 Å². The van der Waals surface area contributed by atoms with Crippen molar-refractivity contribution in [3.63, 3.8) is 0 Å². The summed E-state index contributed by atoms with van der Waals surface area (Å²) in [5.41, 5.74) is 2.68. The van der Waals surface area contributed by atoms with Gasteiger partial charge in [0.1, 0.15) is 36.0 Å². The van der Waals surface area contributed by atoms with Crippen molar-refractivity contribution < 1.29 is 34.0 Å². The highest BCUT2D eigenvalue weighted by Gasteiger charge is 2.44. The molecule has 5 atom stereocenters. The zero-order valence-electron chi connectivity index (χ0n) is 21.5. The molecule has 39 heavy (non-hydrogen) atoms. The summed E-state index contributed by atoms with van der Waals surface area (Å²) in [5.74, 6) is -0.0289. The highest BCUT2D eigenvalue weighted by Crippen LogP contribution is 2.37. The molecule has 208 valence electrons. The Hall–Kier alpha value is -2.66. The van der Waals surface area contributed by atoms with Gasteiger partial charge in [-0.1, -0.05) is 35.9 Å². The second-order valence-electron chi connectivity index (χ2n) is 9.21. The van der Waals surface area contributed by atoms with Crippen LogP contribution in [0.4, 0.5) is 4.39 Å². The largest absolute Gasteiger partial charge is 0.494 e. The third kappa shape index (κ3) is 6.92. The second kappa shape index (κ2) is 13.1. The molecule has 3 aromatic carbocycles. The molecule has 1 amide bonds. The van der Waals surface area contributed by atoms with Crippen molar-refractivity contribution in [1.82, 2.24) is 5.32 Å².